The quantitative estimate of drug-likeness (QED) is 0.171. The topological polar surface area (TPSA) is 48.5 Å². The first kappa shape index (κ1) is 16.4. The molecule has 0 saturated heterocycles. The van der Waals surface area contributed by atoms with E-state index < -0.39 is 184 Å². The molecule has 11 rings (SSSR count). The van der Waals surface area contributed by atoms with Gasteiger partial charge in [0, 0.05) is 38.4 Å². The molecule has 0 N–H and O–H groups in total. The highest BCUT2D eigenvalue weighted by Crippen LogP contribution is 2.40. The molecule has 0 aliphatic carbocycles. The Kier molecular flexibility index (Phi) is 3.82. The summed E-state index contributed by atoms with van der Waals surface area (Å²) in [5, 5.41) is 2.17. The third kappa shape index (κ3) is 5.29. The van der Waals surface area contributed by atoms with Crippen molar-refractivity contribution in [1.29, 1.82) is 0 Å². The van der Waals surface area contributed by atoms with Crippen molar-refractivity contribution in [2.75, 3.05) is 0 Å². The zero-order valence-corrected chi connectivity index (χ0v) is 28.5. The van der Waals surface area contributed by atoms with Crippen molar-refractivity contribution in [3.8, 4) is 56.7 Å². The highest BCUT2D eigenvalue weighted by molar-refractivity contribution is 6.19. The Morgan fingerprint density at radius 1 is 0.357 bits per heavy atom. The first-order valence-electron chi connectivity index (χ1n) is 28.5. The van der Waals surface area contributed by atoms with E-state index in [9.17, 15) is 8.22 Å². The van der Waals surface area contributed by atoms with Crippen LogP contribution in [0.15, 0.2) is 200 Å². The Hall–Kier alpha value is -7.63. The van der Waals surface area contributed by atoms with Gasteiger partial charge in [-0.05, 0) is 58.6 Å². The molecule has 262 valence electrons. The summed E-state index contributed by atoms with van der Waals surface area (Å²) in [4.78, 5) is 13.9. The van der Waals surface area contributed by atoms with E-state index in [1.54, 1.807) is 60.7 Å². The van der Waals surface area contributed by atoms with Crippen LogP contribution in [0.1, 0.15) is 31.5 Å². The monoisotopic (exact) mass is 738 g/mol. The summed E-state index contributed by atoms with van der Waals surface area (Å²) in [6.07, 6.45) is 0. The fourth-order valence-electron chi connectivity index (χ4n) is 6.81. The third-order valence-corrected chi connectivity index (χ3v) is 9.20. The van der Waals surface area contributed by atoms with E-state index in [-0.39, 0.29) is 22.7 Å². The molecule has 0 aliphatic heterocycles. The second kappa shape index (κ2) is 13.0. The van der Waals surface area contributed by atoms with Gasteiger partial charge in [0.05, 0.1) is 53.6 Å². The molecular weight excluding hydrogens is 683 g/mol. The van der Waals surface area contributed by atoms with Crippen LogP contribution in [0.5, 0.6) is 0 Å². The molecule has 11 aromatic rings. The Labute approximate surface area is 355 Å². The number of benzene rings is 8. The van der Waals surface area contributed by atoms with Crippen molar-refractivity contribution in [3.63, 3.8) is 0 Å². The molecule has 8 aromatic carbocycles. The van der Waals surface area contributed by atoms with Crippen LogP contribution in [0, 0.1) is 0 Å². The molecule has 0 amide bonds. The van der Waals surface area contributed by atoms with Crippen molar-refractivity contribution in [2.24, 2.45) is 0 Å². The van der Waals surface area contributed by atoms with E-state index in [4.69, 9.17) is 33.3 Å². The van der Waals surface area contributed by atoms with Gasteiger partial charge in [-0.25, -0.2) is 4.98 Å². The van der Waals surface area contributed by atoms with Crippen LogP contribution < -0.4 is 0 Å². The zero-order chi connectivity index (χ0) is 57.0. The smallest absolute Gasteiger partial charge is 0.238 e. The molecule has 0 spiro atoms. The molecule has 5 nitrogen and oxygen atoms in total. The van der Waals surface area contributed by atoms with Crippen LogP contribution in [0.2, 0.25) is 0 Å². The lowest BCUT2D eigenvalue weighted by Crippen LogP contribution is -2.06. The lowest BCUT2D eigenvalue weighted by atomic mass is 10.0. The van der Waals surface area contributed by atoms with E-state index in [2.05, 4.69) is 4.98 Å². The Bertz CT molecular complexity index is 4490. The van der Waals surface area contributed by atoms with Gasteiger partial charge in [-0.2, -0.15) is 9.97 Å². The second-order valence-electron chi connectivity index (χ2n) is 12.3. The Morgan fingerprint density at radius 2 is 0.821 bits per heavy atom. The van der Waals surface area contributed by atoms with Gasteiger partial charge in [-0.15, -0.1) is 0 Å². The van der Waals surface area contributed by atoms with Crippen molar-refractivity contribution in [1.82, 2.24) is 24.1 Å². The maximum absolute atomic E-state index is 9.69. The standard InChI is InChI=1S/C51H33N5/c1-4-15-34(16-5-1)36-27-29-38(30-28-36)50-52-49(37-19-8-3-9-20-37)53-51(54-50)56-46-26-13-11-24-42(46)44-32-43-41-23-10-12-25-45(41)55(47(43)33-48(44)56)40-22-14-21-39(31-40)35-17-6-2-7-18-35/h1-33H/i1D,2D,3D,4D,5D,6D,7D,8D,9D,14D,15D,16D,17D,18D,19D,20D,21D,22D,27D,28D,29D,30D,31D. The molecule has 0 radical (unpaired) electrons. The summed E-state index contributed by atoms with van der Waals surface area (Å²) in [6.45, 7) is 0. The van der Waals surface area contributed by atoms with Gasteiger partial charge in [0.25, 0.3) is 0 Å². The van der Waals surface area contributed by atoms with Gasteiger partial charge in [0.2, 0.25) is 5.95 Å². The number of rotatable bonds is 6. The summed E-state index contributed by atoms with van der Waals surface area (Å²) < 4.78 is 205. The Balaban J connectivity index is 1.27. The summed E-state index contributed by atoms with van der Waals surface area (Å²) in [7, 11) is 0. The lowest BCUT2D eigenvalue weighted by Gasteiger charge is -2.12. The van der Waals surface area contributed by atoms with E-state index in [0.717, 1.165) is 0 Å². The van der Waals surface area contributed by atoms with Gasteiger partial charge in [-0.1, -0.05) is 163 Å². The first-order chi connectivity index (χ1) is 37.3. The zero-order valence-electron chi connectivity index (χ0n) is 51.5. The fourth-order valence-corrected chi connectivity index (χ4v) is 6.81. The highest BCUT2D eigenvalue weighted by Gasteiger charge is 2.21. The average molecular weight is 739 g/mol. The summed E-state index contributed by atoms with van der Waals surface area (Å²) in [5.74, 6) is -1.57. The molecule has 3 aromatic heterocycles. The van der Waals surface area contributed by atoms with Gasteiger partial charge in [-0.3, -0.25) is 4.57 Å². The predicted octanol–water partition coefficient (Wildman–Crippen LogP) is 12.7. The third-order valence-electron chi connectivity index (χ3n) is 9.20. The van der Waals surface area contributed by atoms with Crippen LogP contribution in [-0.4, -0.2) is 24.1 Å². The molecule has 0 unspecified atom stereocenters. The number of hydrogen-bond donors (Lipinski definition) is 0. The molecule has 3 heterocycles. The second-order valence-corrected chi connectivity index (χ2v) is 12.3. The van der Waals surface area contributed by atoms with Crippen LogP contribution in [0.4, 0.5) is 0 Å². The van der Waals surface area contributed by atoms with Crippen LogP contribution in [-0.2, 0) is 0 Å². The van der Waals surface area contributed by atoms with Crippen LogP contribution >= 0.6 is 0 Å². The first-order valence-corrected chi connectivity index (χ1v) is 17.0. The van der Waals surface area contributed by atoms with E-state index in [1.807, 2.05) is 0 Å². The van der Waals surface area contributed by atoms with Crippen LogP contribution in [0.3, 0.4) is 0 Å². The van der Waals surface area contributed by atoms with E-state index in [1.165, 1.54) is 9.13 Å². The van der Waals surface area contributed by atoms with Crippen molar-refractivity contribution >= 4 is 43.6 Å². The number of para-hydroxylation sites is 2. The number of aromatic nitrogens is 5. The highest BCUT2D eigenvalue weighted by atomic mass is 15.2. The molecule has 0 aliphatic rings. The van der Waals surface area contributed by atoms with Crippen molar-refractivity contribution < 1.29 is 31.5 Å². The molecule has 56 heavy (non-hydrogen) atoms. The SMILES string of the molecule is [2H]c1c([2H])c([2H])c(-c2nc(-c3c([2H])c([2H])c(-c4c([2H])c([2H])c([2H])c([2H])c4[2H])c([2H])c3[2H])nc(-n3c4ccccc4c4cc5c6ccccc6n(-c6c([2H])c([2H])c([2H])c(-c7c([2H])c([2H])c([2H])c([2H])c7[2H])c6[2H])c5cc43)n2)c([2H])c1[2H]. The summed E-state index contributed by atoms with van der Waals surface area (Å²) in [5.41, 5.74) is -2.46. The summed E-state index contributed by atoms with van der Waals surface area (Å²) in [6, 6.07) is -0.357. The van der Waals surface area contributed by atoms with Crippen LogP contribution in [0.25, 0.3) is 100 Å². The Morgan fingerprint density at radius 3 is 1.45 bits per heavy atom. The van der Waals surface area contributed by atoms with Gasteiger partial charge >= 0.3 is 0 Å². The largest absolute Gasteiger partial charge is 0.309 e. The maximum atomic E-state index is 9.69. The minimum absolute atomic E-state index is 0.255. The number of hydrogen-bond acceptors (Lipinski definition) is 3. The molecular formula is C51H33N5. The minimum Gasteiger partial charge on any atom is -0.309 e. The summed E-state index contributed by atoms with van der Waals surface area (Å²) >= 11 is 0. The lowest BCUT2D eigenvalue weighted by molar-refractivity contribution is 0.953. The molecule has 0 atom stereocenters. The predicted molar refractivity (Wildman–Crippen MR) is 230 cm³/mol. The molecule has 0 saturated carbocycles. The van der Waals surface area contributed by atoms with E-state index >= 15 is 0 Å². The van der Waals surface area contributed by atoms with Crippen molar-refractivity contribution in [2.45, 2.75) is 0 Å². The minimum atomic E-state index is -0.862. The number of fused-ring (bicyclic) bond motifs is 6. The molecule has 5 heteroatoms. The van der Waals surface area contributed by atoms with E-state index in [0.29, 0.717) is 32.6 Å². The fraction of sp³-hybridized carbons (Fsp3) is 0. The van der Waals surface area contributed by atoms with Gasteiger partial charge in [0.1, 0.15) is 0 Å². The molecule has 0 bridgehead atoms. The number of nitrogens with zero attached hydrogens (tertiary/aromatic N) is 5. The normalized spacial score (nSPS) is 17.3. The maximum Gasteiger partial charge on any atom is 0.238 e. The van der Waals surface area contributed by atoms with Gasteiger partial charge < -0.3 is 4.57 Å². The average Bonchev–Trinajstić information content (AvgIpc) is 3.52. The van der Waals surface area contributed by atoms with Crippen molar-refractivity contribution in [3.05, 3.63) is 200 Å². The van der Waals surface area contributed by atoms with Gasteiger partial charge in [0.15, 0.2) is 11.6 Å². The molecule has 0 fully saturated rings.